The molecule has 2 aromatic heterocycles. The van der Waals surface area contributed by atoms with Gasteiger partial charge in [-0.05, 0) is 66.6 Å². The van der Waals surface area contributed by atoms with Crippen LogP contribution in [-0.2, 0) is 69.7 Å². The molecule has 0 radical (unpaired) electrons. The van der Waals surface area contributed by atoms with Crippen LogP contribution in [0.25, 0.3) is 0 Å². The molecule has 0 bridgehead atoms. The van der Waals surface area contributed by atoms with E-state index in [0.717, 1.165) is 6.34 Å². The highest BCUT2D eigenvalue weighted by Gasteiger charge is 2.49. The van der Waals surface area contributed by atoms with Crippen LogP contribution >= 0.6 is 15.2 Å². The van der Waals surface area contributed by atoms with Crippen LogP contribution in [0.2, 0.25) is 18.1 Å². The van der Waals surface area contributed by atoms with Crippen molar-refractivity contribution >= 4 is 63.9 Å². The molecule has 0 aromatic carbocycles. The number of alkyl halides is 3. The predicted octanol–water partition coefficient (Wildman–Crippen LogP) is 7.54. The minimum absolute atomic E-state index is 0. The normalized spacial score (nSPS) is 22.2. The summed E-state index contributed by atoms with van der Waals surface area (Å²) in [5.74, 6) is 0.543. The molecule has 0 aliphatic carbocycles. The lowest BCUT2D eigenvalue weighted by molar-refractivity contribution is -0.157. The van der Waals surface area contributed by atoms with Crippen LogP contribution in [0.5, 0.6) is 0 Å². The van der Waals surface area contributed by atoms with E-state index in [1.165, 1.54) is 26.5 Å². The number of ether oxygens (including phenoxy) is 4. The number of aliphatic hydroxyl groups is 4. The first kappa shape index (κ1) is 74.7. The third-order valence-electron chi connectivity index (χ3n) is 11.7. The average molecular weight is 1240 g/mol. The third kappa shape index (κ3) is 21.7. The molecule has 2 saturated heterocycles. The van der Waals surface area contributed by atoms with Crippen LogP contribution < -0.4 is 11.1 Å². The second-order valence-corrected chi connectivity index (χ2v) is 30.3. The van der Waals surface area contributed by atoms with Crippen LogP contribution in [0.1, 0.15) is 139 Å². The molecule has 5 heterocycles. The quantitative estimate of drug-likeness (QED) is 0.0112. The molecule has 2 fully saturated rings. The lowest BCUT2D eigenvalue weighted by Crippen LogP contribution is -2.42. The maximum atomic E-state index is 12.8. The number of hydrogen-bond acceptors (Lipinski definition) is 24. The predicted molar refractivity (Wildman–Crippen MR) is 293 cm³/mol. The van der Waals surface area contributed by atoms with E-state index in [4.69, 9.17) is 38.2 Å². The van der Waals surface area contributed by atoms with E-state index in [1.54, 1.807) is 29.3 Å². The molecule has 2 aromatic rings. The third-order valence-corrected chi connectivity index (χ3v) is 20.9. The van der Waals surface area contributed by atoms with Crippen molar-refractivity contribution in [3.8, 4) is 0 Å². The van der Waals surface area contributed by atoms with Crippen LogP contribution in [-0.4, -0.2) is 169 Å². The molecular weight excluding hydrogens is 1150 g/mol. The van der Waals surface area contributed by atoms with E-state index in [2.05, 4.69) is 72.4 Å². The van der Waals surface area contributed by atoms with Gasteiger partial charge in [0.1, 0.15) is 66.0 Å². The lowest BCUT2D eigenvalue weighted by atomic mass is 10.1. The highest BCUT2D eigenvalue weighted by Crippen LogP contribution is 2.50. The molecule has 466 valence electrons. The number of aliphatic imine (C=N–C) groups is 2. The standard InChI is InChI=1S/C22H40N4O6Si.C16H27N4O7P.C6H12F3O6PS.2CH4/c1-21(2,3)31-18(29)10-15(32-33(7,8)22(4,5)6)19-20(24-12-23)26(13-25-19)17-9-14(28)16(11-27)30-17;1-3-25-28(23,26-4-2)10-24-7-13-11(21)5-14(27-13)20-9-19-15-12(22)6-17-8-18-16(15)20;1-3-13-16(10,14-4-2)5-15-17(11,12)6(7,8)9;;/h12-17,27-28H,9-11H2,1-8H3,(H2,23,24);8-9,11-14,21-22H,3-7,10H2,1-2H3,(H,17,18);3-5H2,1-2H3;2*1H4/t14-,15+,16+,17+;11-,12+,13+,14+;;;/m00.../s1. The van der Waals surface area contributed by atoms with Crippen molar-refractivity contribution in [2.45, 2.75) is 182 Å². The Morgan fingerprint density at radius 1 is 0.887 bits per heavy atom. The fourth-order valence-corrected chi connectivity index (χ4v) is 12.0. The summed E-state index contributed by atoms with van der Waals surface area (Å²) in [6, 6.07) is 0. The zero-order chi connectivity index (χ0) is 59.1. The second kappa shape index (κ2) is 32.1. The van der Waals surface area contributed by atoms with Crippen LogP contribution in [0.4, 0.5) is 24.8 Å². The van der Waals surface area contributed by atoms with Gasteiger partial charge in [0, 0.05) is 12.8 Å². The molecule has 80 heavy (non-hydrogen) atoms. The van der Waals surface area contributed by atoms with Gasteiger partial charge in [0.2, 0.25) is 0 Å². The number of hydrogen-bond donors (Lipinski definition) is 6. The molecule has 0 unspecified atom stereocenters. The first-order valence-electron chi connectivity index (χ1n) is 24.9. The number of rotatable bonds is 24. The van der Waals surface area contributed by atoms with E-state index in [0.29, 0.717) is 29.4 Å². The average Bonchev–Trinajstić information content (AvgIpc) is 4.09. The number of aliphatic hydroxyl groups excluding tert-OH is 4. The molecule has 5 rings (SSSR count). The number of halogens is 3. The Hall–Kier alpha value is -3.27. The lowest BCUT2D eigenvalue weighted by Gasteiger charge is -2.39. The van der Waals surface area contributed by atoms with Gasteiger partial charge in [0.05, 0.1) is 90.1 Å². The SMILES string of the molecule is C.C.CC(C)(C)OC(=O)C[C@@H](O[Si](C)(C)C(C)(C)C)c1ncn([C@H]2C[C@H](O)[C@@H](CO)O2)c1N=CN.CCOP(=O)(COC[C@H]1O[C@@H](n2cnc3c2NC=NC[C@H]3O)C[C@@H]1O)OCC.CCOP(=O)(COS(=O)(=O)C(F)(F)F)OCC. The van der Waals surface area contributed by atoms with E-state index in [9.17, 15) is 55.9 Å². The molecule has 34 heteroatoms. The number of esters is 1. The zero-order valence-corrected chi connectivity index (χ0v) is 49.6. The number of fused-ring (bicyclic) bond motifs is 1. The summed E-state index contributed by atoms with van der Waals surface area (Å²) in [7, 11) is -15.4. The molecule has 3 aliphatic rings. The monoisotopic (exact) mass is 1230 g/mol. The summed E-state index contributed by atoms with van der Waals surface area (Å²) in [5, 5.41) is 42.9. The summed E-state index contributed by atoms with van der Waals surface area (Å²) in [4.78, 5) is 29.9. The second-order valence-electron chi connectivity index (χ2n) is 19.9. The maximum absolute atomic E-state index is 12.8. The van der Waals surface area contributed by atoms with Crippen LogP contribution in [0, 0.1) is 0 Å². The van der Waals surface area contributed by atoms with Crippen molar-refractivity contribution in [2.24, 2.45) is 15.7 Å². The summed E-state index contributed by atoms with van der Waals surface area (Å²) in [5.41, 5.74) is 0.342. The topological polar surface area (TPSA) is 357 Å². The van der Waals surface area contributed by atoms with Crippen molar-refractivity contribution in [2.75, 3.05) is 64.2 Å². The number of imidazole rings is 2. The highest BCUT2D eigenvalue weighted by atomic mass is 32.2. The number of nitrogens with zero attached hydrogens (tertiary/aromatic N) is 6. The Morgan fingerprint density at radius 2 is 1.40 bits per heavy atom. The first-order valence-corrected chi connectivity index (χ1v) is 32.7. The van der Waals surface area contributed by atoms with Gasteiger partial charge in [-0.2, -0.15) is 21.6 Å². The molecule has 7 N–H and O–H groups in total. The number of nitrogens with one attached hydrogen (secondary N) is 1. The molecule has 0 saturated carbocycles. The smallest absolute Gasteiger partial charge is 0.460 e. The van der Waals surface area contributed by atoms with Gasteiger partial charge in [-0.25, -0.2) is 15.0 Å². The van der Waals surface area contributed by atoms with Crippen LogP contribution in [0.15, 0.2) is 22.6 Å². The maximum Gasteiger partial charge on any atom is 0.523 e. The Balaban J connectivity index is 0.000000622. The molecule has 0 spiro atoms. The fraction of sp³-hybridized carbons (Fsp3) is 0.804. The van der Waals surface area contributed by atoms with E-state index < -0.39 is 106 Å². The van der Waals surface area contributed by atoms with Gasteiger partial charge in [0.15, 0.2) is 20.5 Å². The summed E-state index contributed by atoms with van der Waals surface area (Å²) >= 11 is 0. The van der Waals surface area contributed by atoms with E-state index in [1.807, 2.05) is 20.8 Å². The number of aromatic nitrogens is 4. The number of carbonyl (C=O) groups is 1. The van der Waals surface area contributed by atoms with Gasteiger partial charge in [-0.15, -0.1) is 0 Å². The molecule has 27 nitrogen and oxygen atoms in total. The molecule has 8 atom stereocenters. The van der Waals surface area contributed by atoms with E-state index >= 15 is 0 Å². The Morgan fingerprint density at radius 3 is 1.89 bits per heavy atom. The van der Waals surface area contributed by atoms with Crippen molar-refractivity contribution in [1.29, 1.82) is 0 Å². The fourth-order valence-electron chi connectivity index (χ4n) is 7.18. The molecule has 3 aliphatic heterocycles. The molecule has 0 amide bonds. The Kier molecular flexibility index (Phi) is 30.0. The van der Waals surface area contributed by atoms with Crippen molar-refractivity contribution in [3.63, 3.8) is 0 Å². The summed E-state index contributed by atoms with van der Waals surface area (Å²) in [6.07, 6.45) is -0.744. The van der Waals surface area contributed by atoms with Gasteiger partial charge in [0.25, 0.3) is 0 Å². The number of anilines is 1. The summed E-state index contributed by atoms with van der Waals surface area (Å²) < 4.78 is 136. The first-order chi connectivity index (χ1) is 36.1. The van der Waals surface area contributed by atoms with Gasteiger partial charge >= 0.3 is 36.8 Å². The zero-order valence-electron chi connectivity index (χ0n) is 46.0. The van der Waals surface area contributed by atoms with Gasteiger partial charge < -0.3 is 72.9 Å². The van der Waals surface area contributed by atoms with Crippen molar-refractivity contribution in [1.82, 2.24) is 19.1 Å². The minimum atomic E-state index is -5.80. The van der Waals surface area contributed by atoms with Crippen molar-refractivity contribution < 1.29 is 102 Å². The van der Waals surface area contributed by atoms with Crippen LogP contribution in [0.3, 0.4) is 0 Å². The van der Waals surface area contributed by atoms with Gasteiger partial charge in [-0.3, -0.25) is 32.2 Å². The number of carbonyl (C=O) groups excluding carboxylic acids is 1. The minimum Gasteiger partial charge on any atom is -0.460 e. The largest absolute Gasteiger partial charge is 0.523 e. The van der Waals surface area contributed by atoms with Gasteiger partial charge in [-0.1, -0.05) is 35.6 Å². The Labute approximate surface area is 468 Å². The molecular formula is C46H87F3N8O19P2SSi. The highest BCUT2D eigenvalue weighted by molar-refractivity contribution is 7.87. The summed E-state index contributed by atoms with van der Waals surface area (Å²) in [6.45, 7) is 22.5. The van der Waals surface area contributed by atoms with E-state index in [-0.39, 0.29) is 85.3 Å². The Bertz CT molecular complexity index is 2460. The number of nitrogens with two attached hydrogens (primary N) is 1. The van der Waals surface area contributed by atoms with Crippen molar-refractivity contribution in [3.05, 3.63) is 24.0 Å².